The number of amides is 2. The zero-order chi connectivity index (χ0) is 41.1. The number of piperazine rings is 1. The molecule has 19 heteroatoms. The van der Waals surface area contributed by atoms with Crippen LogP contribution in [0.4, 0.5) is 37.7 Å². The molecule has 0 saturated carbocycles. The average Bonchev–Trinajstić information content (AvgIpc) is 3.13. The number of methoxy groups -OCH3 is 1. The second-order valence-corrected chi connectivity index (χ2v) is 14.0. The van der Waals surface area contributed by atoms with E-state index in [1.807, 2.05) is 22.8 Å². The smallest absolute Gasteiger partial charge is 0.490 e. The van der Waals surface area contributed by atoms with Gasteiger partial charge in [-0.05, 0) is 56.5 Å². The highest BCUT2D eigenvalue weighted by molar-refractivity contribution is 6.01. The first kappa shape index (κ1) is 42.0. The van der Waals surface area contributed by atoms with Crippen molar-refractivity contribution in [3.8, 4) is 16.9 Å². The zero-order valence-corrected chi connectivity index (χ0v) is 31.2. The normalized spacial score (nSPS) is 20.5. The van der Waals surface area contributed by atoms with Crippen molar-refractivity contribution in [2.45, 2.75) is 63.8 Å². The maximum Gasteiger partial charge on any atom is 0.490 e. The van der Waals surface area contributed by atoms with Gasteiger partial charge in [0, 0.05) is 87.5 Å². The molecule has 2 unspecified atom stereocenters. The molecule has 3 aromatic rings. The van der Waals surface area contributed by atoms with Crippen LogP contribution in [0.25, 0.3) is 11.1 Å². The molecular weight excluding hydrogens is 752 g/mol. The third-order valence-corrected chi connectivity index (χ3v) is 10.3. The Morgan fingerprint density at radius 1 is 1.05 bits per heavy atom. The number of aliphatic carboxylic acids is 1. The average molecular weight is 796 g/mol. The van der Waals surface area contributed by atoms with Crippen molar-refractivity contribution in [3.63, 3.8) is 0 Å². The molecule has 3 aliphatic rings. The standard InChI is InChI=1S/C35H42F3N7O4.C2HF3O2/c1-21-22(2)34(48)42(3)18-25(21)23-15-30(49-4)28(39-17-23)19-43-10-9-31(35(37,38)20-43)45-13-11-44(12-14-45)29-7-5-24(16-26(29)36)40-27-6-8-32(46)41-33(27)47;3-2(4,5)1(6)7/h5,7,15-18,27,31,40H,6,8-14,19-20H2,1-4H3,(H,41,46,47);(H,6,7). The lowest BCUT2D eigenvalue weighted by molar-refractivity contribution is -0.192. The third-order valence-electron chi connectivity index (χ3n) is 10.3. The molecule has 6 rings (SSSR count). The van der Waals surface area contributed by atoms with Crippen molar-refractivity contribution in [1.29, 1.82) is 0 Å². The largest absolute Gasteiger partial charge is 0.495 e. The number of pyridine rings is 2. The van der Waals surface area contributed by atoms with E-state index in [4.69, 9.17) is 14.6 Å². The van der Waals surface area contributed by atoms with Gasteiger partial charge in [-0.15, -0.1) is 0 Å². The number of carboxylic acid groups (broad SMARTS) is 1. The number of aryl methyl sites for hydroxylation is 1. The number of carbonyl (C=O) groups is 3. The van der Waals surface area contributed by atoms with Crippen LogP contribution in [0.5, 0.6) is 5.75 Å². The fourth-order valence-corrected chi connectivity index (χ4v) is 7.14. The summed E-state index contributed by atoms with van der Waals surface area (Å²) in [6, 6.07) is 4.92. The molecule has 304 valence electrons. The van der Waals surface area contributed by atoms with Gasteiger partial charge in [0.25, 0.3) is 11.5 Å². The molecule has 3 aliphatic heterocycles. The van der Waals surface area contributed by atoms with E-state index in [0.717, 1.165) is 16.7 Å². The summed E-state index contributed by atoms with van der Waals surface area (Å²) >= 11 is 0. The van der Waals surface area contributed by atoms with E-state index >= 15 is 13.2 Å². The molecule has 0 bridgehead atoms. The highest BCUT2D eigenvalue weighted by Gasteiger charge is 2.48. The maximum absolute atomic E-state index is 15.7. The number of anilines is 2. The molecule has 0 spiro atoms. The van der Waals surface area contributed by atoms with Crippen molar-refractivity contribution >= 4 is 29.2 Å². The molecule has 0 radical (unpaired) electrons. The van der Waals surface area contributed by atoms with E-state index in [1.165, 1.54) is 17.7 Å². The van der Waals surface area contributed by atoms with Gasteiger partial charge in [0.1, 0.15) is 17.6 Å². The molecule has 3 fully saturated rings. The van der Waals surface area contributed by atoms with Crippen LogP contribution < -0.4 is 25.8 Å². The van der Waals surface area contributed by atoms with Gasteiger partial charge in [-0.2, -0.15) is 13.2 Å². The molecule has 2 amide bonds. The van der Waals surface area contributed by atoms with E-state index in [1.54, 1.807) is 43.4 Å². The number of likely N-dealkylation sites (tertiary alicyclic amines) is 1. The second kappa shape index (κ2) is 16.9. The lowest BCUT2D eigenvalue weighted by atomic mass is 9.97. The van der Waals surface area contributed by atoms with Crippen molar-refractivity contribution in [2.75, 3.05) is 56.6 Å². The topological polar surface area (TPSA) is 149 Å². The minimum absolute atomic E-state index is 0.0641. The van der Waals surface area contributed by atoms with Crippen molar-refractivity contribution in [1.82, 2.24) is 24.7 Å². The predicted octanol–water partition coefficient (Wildman–Crippen LogP) is 4.09. The summed E-state index contributed by atoms with van der Waals surface area (Å²) in [5.74, 6) is -6.46. The number of aromatic nitrogens is 2. The van der Waals surface area contributed by atoms with Crippen LogP contribution in [0.3, 0.4) is 0 Å². The number of carboxylic acids is 1. The van der Waals surface area contributed by atoms with Gasteiger partial charge < -0.3 is 24.6 Å². The Labute approximate surface area is 318 Å². The molecule has 1 aromatic carbocycles. The van der Waals surface area contributed by atoms with E-state index in [0.29, 0.717) is 67.5 Å². The summed E-state index contributed by atoms with van der Waals surface area (Å²) in [5.41, 5.74) is 4.44. The van der Waals surface area contributed by atoms with Gasteiger partial charge in [-0.25, -0.2) is 18.0 Å². The van der Waals surface area contributed by atoms with Gasteiger partial charge in [-0.1, -0.05) is 0 Å². The lowest BCUT2D eigenvalue weighted by Crippen LogP contribution is -2.61. The Morgan fingerprint density at radius 2 is 1.73 bits per heavy atom. The summed E-state index contributed by atoms with van der Waals surface area (Å²) in [4.78, 5) is 54.7. The molecule has 5 heterocycles. The summed E-state index contributed by atoms with van der Waals surface area (Å²) in [7, 11) is 3.23. The number of rotatable bonds is 8. The first-order valence-electron chi connectivity index (χ1n) is 17.8. The molecule has 2 aromatic heterocycles. The minimum Gasteiger partial charge on any atom is -0.495 e. The van der Waals surface area contributed by atoms with Crippen molar-refractivity contribution in [2.24, 2.45) is 7.05 Å². The second-order valence-electron chi connectivity index (χ2n) is 14.0. The fourth-order valence-electron chi connectivity index (χ4n) is 7.14. The highest BCUT2D eigenvalue weighted by atomic mass is 19.4. The minimum atomic E-state index is -5.08. The van der Waals surface area contributed by atoms with Crippen LogP contribution >= 0.6 is 0 Å². The van der Waals surface area contributed by atoms with Crippen molar-refractivity contribution < 1.29 is 50.6 Å². The number of nitrogens with one attached hydrogen (secondary N) is 2. The Hall–Kier alpha value is -5.17. The number of nitrogens with zero attached hydrogens (tertiary/aromatic N) is 5. The lowest BCUT2D eigenvalue weighted by Gasteiger charge is -2.46. The number of piperidine rings is 2. The monoisotopic (exact) mass is 795 g/mol. The summed E-state index contributed by atoms with van der Waals surface area (Å²) in [5, 5.41) is 12.4. The molecule has 0 aliphatic carbocycles. The number of benzene rings is 1. The van der Waals surface area contributed by atoms with Crippen LogP contribution in [0.1, 0.15) is 36.1 Å². The van der Waals surface area contributed by atoms with Gasteiger partial charge >= 0.3 is 12.1 Å². The Bertz CT molecular complexity index is 2020. The first-order valence-corrected chi connectivity index (χ1v) is 17.8. The number of hydrogen-bond acceptors (Lipinski definition) is 10. The highest BCUT2D eigenvalue weighted by Crippen LogP contribution is 2.35. The number of halogens is 6. The predicted molar refractivity (Wildman–Crippen MR) is 193 cm³/mol. The van der Waals surface area contributed by atoms with E-state index in [2.05, 4.69) is 15.6 Å². The van der Waals surface area contributed by atoms with E-state index in [9.17, 15) is 27.6 Å². The molecular formula is C37H43F6N7O6. The molecule has 56 heavy (non-hydrogen) atoms. The van der Waals surface area contributed by atoms with E-state index < -0.39 is 48.4 Å². The number of imide groups is 1. The van der Waals surface area contributed by atoms with Crippen LogP contribution in [-0.2, 0) is 28.0 Å². The van der Waals surface area contributed by atoms with Crippen molar-refractivity contribution in [3.05, 3.63) is 69.7 Å². The SMILES string of the molecule is COc1cc(-c2cn(C)c(=O)c(C)c2C)cnc1CN1CCC(N2CCN(c3ccc(NC4CCC(=O)NC4=O)cc3F)CC2)C(F)(F)C1.O=C(O)C(F)(F)F. The first-order chi connectivity index (χ1) is 26.3. The molecule has 2 atom stereocenters. The zero-order valence-electron chi connectivity index (χ0n) is 31.2. The molecule has 3 saturated heterocycles. The van der Waals surface area contributed by atoms with Gasteiger partial charge in [-0.3, -0.25) is 34.5 Å². The quantitative estimate of drug-likeness (QED) is 0.224. The third kappa shape index (κ3) is 9.61. The Kier molecular flexibility index (Phi) is 12.7. The van der Waals surface area contributed by atoms with Gasteiger partial charge in [0.05, 0.1) is 31.1 Å². The summed E-state index contributed by atoms with van der Waals surface area (Å²) in [6.07, 6.45) is -0.801. The van der Waals surface area contributed by atoms with Crippen LogP contribution in [-0.4, -0.2) is 113 Å². The summed E-state index contributed by atoms with van der Waals surface area (Å²) in [6.45, 7) is 5.47. The Morgan fingerprint density at radius 3 is 2.32 bits per heavy atom. The van der Waals surface area contributed by atoms with E-state index in [-0.39, 0.29) is 30.9 Å². The van der Waals surface area contributed by atoms with Crippen LogP contribution in [0.15, 0.2) is 41.5 Å². The van der Waals surface area contributed by atoms with Gasteiger partial charge in [0.2, 0.25) is 11.8 Å². The number of hydrogen-bond donors (Lipinski definition) is 3. The number of carbonyl (C=O) groups excluding carboxylic acids is 2. The van der Waals surface area contributed by atoms with Crippen LogP contribution in [0.2, 0.25) is 0 Å². The fraction of sp³-hybridized carbons (Fsp3) is 0.486. The van der Waals surface area contributed by atoms with Crippen LogP contribution in [0, 0.1) is 19.7 Å². The van der Waals surface area contributed by atoms with Gasteiger partial charge in [0.15, 0.2) is 0 Å². The molecule has 13 nitrogen and oxygen atoms in total. The Balaban J connectivity index is 0.000000784. The number of ether oxygens (including phenoxy) is 1. The molecule has 3 N–H and O–H groups in total. The maximum atomic E-state index is 15.7. The number of alkyl halides is 5. The summed E-state index contributed by atoms with van der Waals surface area (Å²) < 4.78 is 85.5.